The maximum Gasteiger partial charge on any atom is 0.229 e. The molecule has 0 atom stereocenters. The SMILES string of the molecule is CCN(CC)CCCOc1ccc(Cc2cc(NC(=O)Cc3ccccc3Br)ncn2)cc1. The van der Waals surface area contributed by atoms with Gasteiger partial charge in [0.05, 0.1) is 18.7 Å². The van der Waals surface area contributed by atoms with E-state index in [0.29, 0.717) is 18.8 Å². The van der Waals surface area contributed by atoms with Crippen molar-refractivity contribution in [1.82, 2.24) is 14.9 Å². The fraction of sp³-hybridized carbons (Fsp3) is 0.346. The molecule has 0 aliphatic rings. The number of carbonyl (C=O) groups excluding carboxylic acids is 1. The summed E-state index contributed by atoms with van der Waals surface area (Å²) >= 11 is 3.48. The molecule has 1 aromatic heterocycles. The number of halogens is 1. The molecule has 1 amide bonds. The van der Waals surface area contributed by atoms with Gasteiger partial charge in [-0.2, -0.15) is 0 Å². The van der Waals surface area contributed by atoms with E-state index in [2.05, 4.69) is 50.0 Å². The first-order valence-electron chi connectivity index (χ1n) is 11.4. The average molecular weight is 511 g/mol. The molecule has 0 aliphatic carbocycles. The van der Waals surface area contributed by atoms with Crippen molar-refractivity contribution in [2.45, 2.75) is 33.1 Å². The molecule has 0 bridgehead atoms. The van der Waals surface area contributed by atoms with Crippen molar-refractivity contribution in [1.29, 1.82) is 0 Å². The summed E-state index contributed by atoms with van der Waals surface area (Å²) in [4.78, 5) is 23.3. The molecule has 0 unspecified atom stereocenters. The van der Waals surface area contributed by atoms with Crippen LogP contribution >= 0.6 is 15.9 Å². The minimum Gasteiger partial charge on any atom is -0.494 e. The summed E-state index contributed by atoms with van der Waals surface area (Å²) in [6.07, 6.45) is 3.42. The molecule has 7 heteroatoms. The first-order chi connectivity index (χ1) is 16.1. The van der Waals surface area contributed by atoms with Gasteiger partial charge in [-0.3, -0.25) is 4.79 Å². The Labute approximate surface area is 204 Å². The van der Waals surface area contributed by atoms with Crippen molar-refractivity contribution in [3.05, 3.63) is 82.2 Å². The lowest BCUT2D eigenvalue weighted by Crippen LogP contribution is -2.25. The van der Waals surface area contributed by atoms with Gasteiger partial charge in [-0.25, -0.2) is 9.97 Å². The van der Waals surface area contributed by atoms with E-state index in [9.17, 15) is 4.79 Å². The van der Waals surface area contributed by atoms with Crippen molar-refractivity contribution in [2.75, 3.05) is 31.6 Å². The minimum absolute atomic E-state index is 0.117. The van der Waals surface area contributed by atoms with E-state index in [-0.39, 0.29) is 12.3 Å². The number of amides is 1. The maximum absolute atomic E-state index is 12.4. The Bertz CT molecular complexity index is 1020. The van der Waals surface area contributed by atoms with Gasteiger partial charge in [-0.1, -0.05) is 60.1 Å². The number of nitrogens with zero attached hydrogens (tertiary/aromatic N) is 3. The van der Waals surface area contributed by atoms with Gasteiger partial charge in [0.15, 0.2) is 0 Å². The van der Waals surface area contributed by atoms with Crippen LogP contribution in [0, 0.1) is 0 Å². The van der Waals surface area contributed by atoms with Crippen LogP contribution in [0.3, 0.4) is 0 Å². The van der Waals surface area contributed by atoms with Crippen LogP contribution in [-0.2, 0) is 17.6 Å². The molecule has 0 radical (unpaired) electrons. The lowest BCUT2D eigenvalue weighted by atomic mass is 10.1. The van der Waals surface area contributed by atoms with Gasteiger partial charge < -0.3 is 15.0 Å². The third-order valence-corrected chi connectivity index (χ3v) is 6.16. The third-order valence-electron chi connectivity index (χ3n) is 5.39. The molecule has 2 aromatic carbocycles. The molecular formula is C26H31BrN4O2. The molecule has 174 valence electrons. The summed E-state index contributed by atoms with van der Waals surface area (Å²) in [6.45, 7) is 8.28. The summed E-state index contributed by atoms with van der Waals surface area (Å²) in [6, 6.07) is 17.6. The van der Waals surface area contributed by atoms with Crippen molar-refractivity contribution in [3.63, 3.8) is 0 Å². The Morgan fingerprint density at radius 1 is 1.06 bits per heavy atom. The summed E-state index contributed by atoms with van der Waals surface area (Å²) in [7, 11) is 0. The Hall–Kier alpha value is -2.77. The fourth-order valence-corrected chi connectivity index (χ4v) is 3.92. The Morgan fingerprint density at radius 3 is 2.55 bits per heavy atom. The molecule has 0 fully saturated rings. The van der Waals surface area contributed by atoms with Gasteiger partial charge in [-0.05, 0) is 48.8 Å². The zero-order valence-electron chi connectivity index (χ0n) is 19.3. The van der Waals surface area contributed by atoms with Gasteiger partial charge in [0.1, 0.15) is 17.9 Å². The second kappa shape index (κ2) is 13.1. The smallest absolute Gasteiger partial charge is 0.229 e. The number of hydrogen-bond acceptors (Lipinski definition) is 5. The predicted octanol–water partition coefficient (Wildman–Crippen LogP) is 5.12. The Kier molecular flexibility index (Phi) is 9.84. The topological polar surface area (TPSA) is 67.3 Å². The number of rotatable bonds is 12. The predicted molar refractivity (Wildman–Crippen MR) is 136 cm³/mol. The van der Waals surface area contributed by atoms with Gasteiger partial charge in [-0.15, -0.1) is 0 Å². The highest BCUT2D eigenvalue weighted by Crippen LogP contribution is 2.18. The molecule has 6 nitrogen and oxygen atoms in total. The second-order valence-corrected chi connectivity index (χ2v) is 8.61. The van der Waals surface area contributed by atoms with Crippen LogP contribution in [-0.4, -0.2) is 47.0 Å². The van der Waals surface area contributed by atoms with Gasteiger partial charge in [0, 0.05) is 23.5 Å². The molecule has 0 spiro atoms. The fourth-order valence-electron chi connectivity index (χ4n) is 3.50. The number of benzene rings is 2. The molecular weight excluding hydrogens is 480 g/mol. The zero-order valence-corrected chi connectivity index (χ0v) is 20.8. The van der Waals surface area contributed by atoms with Crippen LogP contribution in [0.4, 0.5) is 5.82 Å². The Balaban J connectivity index is 1.49. The van der Waals surface area contributed by atoms with Crippen LogP contribution in [0.15, 0.2) is 65.4 Å². The summed E-state index contributed by atoms with van der Waals surface area (Å²) in [5, 5.41) is 2.86. The quantitative estimate of drug-likeness (QED) is 0.342. The lowest BCUT2D eigenvalue weighted by molar-refractivity contribution is -0.115. The van der Waals surface area contributed by atoms with Crippen LogP contribution in [0.25, 0.3) is 0 Å². The van der Waals surface area contributed by atoms with E-state index in [0.717, 1.165) is 53.1 Å². The molecule has 33 heavy (non-hydrogen) atoms. The van der Waals surface area contributed by atoms with Gasteiger partial charge >= 0.3 is 0 Å². The van der Waals surface area contributed by atoms with E-state index in [1.807, 2.05) is 54.6 Å². The highest BCUT2D eigenvalue weighted by atomic mass is 79.9. The normalized spacial score (nSPS) is 10.9. The molecule has 3 rings (SSSR count). The van der Waals surface area contributed by atoms with Crippen LogP contribution in [0.1, 0.15) is 37.1 Å². The van der Waals surface area contributed by atoms with Gasteiger partial charge in [0.2, 0.25) is 5.91 Å². The second-order valence-electron chi connectivity index (χ2n) is 7.76. The van der Waals surface area contributed by atoms with Gasteiger partial charge in [0.25, 0.3) is 0 Å². The monoisotopic (exact) mass is 510 g/mol. The Morgan fingerprint density at radius 2 is 1.82 bits per heavy atom. The largest absolute Gasteiger partial charge is 0.494 e. The highest BCUT2D eigenvalue weighted by Gasteiger charge is 2.09. The summed E-state index contributed by atoms with van der Waals surface area (Å²) in [5.74, 6) is 1.26. The molecule has 1 heterocycles. The van der Waals surface area contributed by atoms with E-state index in [1.54, 1.807) is 0 Å². The third kappa shape index (κ3) is 8.26. The number of nitrogens with one attached hydrogen (secondary N) is 1. The number of anilines is 1. The van der Waals surface area contributed by atoms with Crippen LogP contribution in [0.2, 0.25) is 0 Å². The first-order valence-corrected chi connectivity index (χ1v) is 12.1. The van der Waals surface area contributed by atoms with Crippen molar-refractivity contribution >= 4 is 27.7 Å². The van der Waals surface area contributed by atoms with E-state index < -0.39 is 0 Å². The van der Waals surface area contributed by atoms with Crippen molar-refractivity contribution in [3.8, 4) is 5.75 Å². The molecule has 1 N–H and O–H groups in total. The average Bonchev–Trinajstić information content (AvgIpc) is 2.82. The minimum atomic E-state index is -0.117. The standard InChI is InChI=1S/C26H31BrN4O2/c1-3-31(4-2)14-7-15-33-23-12-10-20(11-13-23)16-22-18-25(29-19-28-22)30-26(32)17-21-8-5-6-9-24(21)27/h5-6,8-13,18-19H,3-4,7,14-17H2,1-2H3,(H,28,29,30,32). The van der Waals surface area contributed by atoms with E-state index in [4.69, 9.17) is 4.74 Å². The van der Waals surface area contributed by atoms with Crippen molar-refractivity contribution in [2.24, 2.45) is 0 Å². The number of carbonyl (C=O) groups is 1. The molecule has 3 aromatic rings. The zero-order chi connectivity index (χ0) is 23.5. The number of aromatic nitrogens is 2. The van der Waals surface area contributed by atoms with Crippen LogP contribution < -0.4 is 10.1 Å². The number of hydrogen-bond donors (Lipinski definition) is 1. The first kappa shape index (κ1) is 24.9. The maximum atomic E-state index is 12.4. The molecule has 0 saturated heterocycles. The van der Waals surface area contributed by atoms with Crippen molar-refractivity contribution < 1.29 is 9.53 Å². The summed E-state index contributed by atoms with van der Waals surface area (Å²) < 4.78 is 6.78. The summed E-state index contributed by atoms with van der Waals surface area (Å²) in [5.41, 5.74) is 2.89. The molecule has 0 saturated carbocycles. The van der Waals surface area contributed by atoms with E-state index >= 15 is 0 Å². The molecule has 0 aliphatic heterocycles. The van der Waals surface area contributed by atoms with Crippen LogP contribution in [0.5, 0.6) is 5.75 Å². The highest BCUT2D eigenvalue weighted by molar-refractivity contribution is 9.10. The lowest BCUT2D eigenvalue weighted by Gasteiger charge is -2.17. The number of ether oxygens (including phenoxy) is 1. The van der Waals surface area contributed by atoms with E-state index in [1.165, 1.54) is 6.33 Å².